The normalized spacial score (nSPS) is 22.1. The van der Waals surface area contributed by atoms with Crippen LogP contribution in [0.25, 0.3) is 0 Å². The first kappa shape index (κ1) is 43.2. The van der Waals surface area contributed by atoms with Crippen molar-refractivity contribution in [3.63, 3.8) is 0 Å². The number of likely N-dealkylation sites (N-methyl/N-ethyl adjacent to an activating group) is 1. The van der Waals surface area contributed by atoms with Gasteiger partial charge in [0.25, 0.3) is 0 Å². The first-order valence-corrected chi connectivity index (χ1v) is 22.2. The zero-order chi connectivity index (χ0) is 35.4. The molecule has 3 nitrogen and oxygen atoms in total. The molecule has 0 aromatic carbocycles. The van der Waals surface area contributed by atoms with Crippen molar-refractivity contribution in [2.75, 3.05) is 20.1 Å². The summed E-state index contributed by atoms with van der Waals surface area (Å²) in [7, 11) is 2.20. The predicted octanol–water partition coefficient (Wildman–Crippen LogP) is 14.4. The molecule has 288 valence electrons. The van der Waals surface area contributed by atoms with E-state index in [-0.39, 0.29) is 5.79 Å². The van der Waals surface area contributed by atoms with Crippen molar-refractivity contribution >= 4 is 0 Å². The van der Waals surface area contributed by atoms with Crippen LogP contribution in [-0.4, -0.2) is 43.0 Å². The van der Waals surface area contributed by atoms with Crippen LogP contribution in [0.5, 0.6) is 0 Å². The van der Waals surface area contributed by atoms with Gasteiger partial charge in [-0.1, -0.05) is 152 Å². The van der Waals surface area contributed by atoms with E-state index in [1.165, 1.54) is 167 Å². The van der Waals surface area contributed by atoms with Crippen molar-refractivity contribution in [1.29, 1.82) is 0 Å². The molecule has 0 amide bonds. The summed E-state index contributed by atoms with van der Waals surface area (Å²) in [5, 5.41) is 0. The second-order valence-corrected chi connectivity index (χ2v) is 16.6. The smallest absolute Gasteiger partial charge is 0.169 e. The third-order valence-electron chi connectivity index (χ3n) is 12.0. The molecule has 2 atom stereocenters. The highest BCUT2D eigenvalue weighted by atomic mass is 16.8. The molecule has 3 aliphatic rings. The SMILES string of the molecule is CCCCC/C=C\C/C=C\CCCCCCCCC1(CCCCCCCC/C=C\C/C=C\CCCCC)CCC2(CC1)O[C@H]1CN(C)C[C@H]1O2. The van der Waals surface area contributed by atoms with E-state index >= 15 is 0 Å². The maximum absolute atomic E-state index is 6.67. The zero-order valence-electron chi connectivity index (χ0n) is 33.7. The largest absolute Gasteiger partial charge is 0.343 e. The van der Waals surface area contributed by atoms with E-state index in [9.17, 15) is 0 Å². The summed E-state index contributed by atoms with van der Waals surface area (Å²) in [5.74, 6) is -0.265. The second kappa shape index (κ2) is 27.4. The maximum atomic E-state index is 6.67. The Labute approximate surface area is 312 Å². The van der Waals surface area contributed by atoms with Crippen molar-refractivity contribution < 1.29 is 9.47 Å². The van der Waals surface area contributed by atoms with Gasteiger partial charge in [0.2, 0.25) is 0 Å². The van der Waals surface area contributed by atoms with Gasteiger partial charge in [-0.2, -0.15) is 0 Å². The molecule has 3 fully saturated rings. The van der Waals surface area contributed by atoms with Crippen molar-refractivity contribution in [3.05, 3.63) is 48.6 Å². The Kier molecular flexibility index (Phi) is 23.7. The Bertz CT molecular complexity index is 859. The second-order valence-electron chi connectivity index (χ2n) is 16.6. The fourth-order valence-corrected chi connectivity index (χ4v) is 8.73. The minimum atomic E-state index is -0.265. The lowest BCUT2D eigenvalue weighted by molar-refractivity contribution is -0.214. The minimum absolute atomic E-state index is 0.265. The zero-order valence-corrected chi connectivity index (χ0v) is 33.7. The van der Waals surface area contributed by atoms with E-state index in [0.29, 0.717) is 17.6 Å². The summed E-state index contributed by atoms with van der Waals surface area (Å²) in [6.45, 7) is 6.63. The van der Waals surface area contributed by atoms with Crippen molar-refractivity contribution in [2.45, 2.75) is 224 Å². The van der Waals surface area contributed by atoms with Crippen LogP contribution >= 0.6 is 0 Å². The van der Waals surface area contributed by atoms with Gasteiger partial charge in [-0.15, -0.1) is 0 Å². The molecule has 3 rings (SSSR count). The Morgan fingerprint density at radius 3 is 1.22 bits per heavy atom. The van der Waals surface area contributed by atoms with Crippen LogP contribution in [0, 0.1) is 5.41 Å². The molecule has 1 aliphatic carbocycles. The molecule has 0 N–H and O–H groups in total. The van der Waals surface area contributed by atoms with E-state index in [0.717, 1.165) is 38.8 Å². The molecular formula is C47H83NO2. The minimum Gasteiger partial charge on any atom is -0.343 e. The summed E-state index contributed by atoms with van der Waals surface area (Å²) >= 11 is 0. The lowest BCUT2D eigenvalue weighted by atomic mass is 9.66. The Morgan fingerprint density at radius 1 is 0.460 bits per heavy atom. The number of hydrogen-bond acceptors (Lipinski definition) is 3. The number of unbranched alkanes of at least 4 members (excludes halogenated alkanes) is 18. The molecule has 2 aliphatic heterocycles. The molecule has 0 aromatic rings. The molecule has 0 bridgehead atoms. The number of allylic oxidation sites excluding steroid dienone is 8. The molecule has 0 aromatic heterocycles. The van der Waals surface area contributed by atoms with E-state index < -0.39 is 0 Å². The molecule has 2 saturated heterocycles. The Balaban J connectivity index is 1.26. The van der Waals surface area contributed by atoms with E-state index in [1.807, 2.05) is 0 Å². The van der Waals surface area contributed by atoms with Gasteiger partial charge in [-0.25, -0.2) is 0 Å². The lowest BCUT2D eigenvalue weighted by Gasteiger charge is -2.45. The van der Waals surface area contributed by atoms with E-state index in [4.69, 9.17) is 9.47 Å². The average Bonchev–Trinajstić information content (AvgIpc) is 3.62. The Morgan fingerprint density at radius 2 is 0.820 bits per heavy atom. The molecule has 1 saturated carbocycles. The van der Waals surface area contributed by atoms with Gasteiger partial charge >= 0.3 is 0 Å². The summed E-state index contributed by atoms with van der Waals surface area (Å²) in [6.07, 6.45) is 59.4. The first-order chi connectivity index (χ1) is 24.6. The van der Waals surface area contributed by atoms with Crippen molar-refractivity contribution in [1.82, 2.24) is 4.90 Å². The fraction of sp³-hybridized carbons (Fsp3) is 0.830. The molecule has 0 radical (unpaired) electrons. The maximum Gasteiger partial charge on any atom is 0.169 e. The van der Waals surface area contributed by atoms with Gasteiger partial charge in [0, 0.05) is 25.9 Å². The first-order valence-electron chi connectivity index (χ1n) is 22.2. The highest BCUT2D eigenvalue weighted by Gasteiger charge is 2.53. The van der Waals surface area contributed by atoms with Gasteiger partial charge in [-0.05, 0) is 102 Å². The quantitative estimate of drug-likeness (QED) is 0.0552. The monoisotopic (exact) mass is 694 g/mol. The molecule has 3 heteroatoms. The predicted molar refractivity (Wildman–Crippen MR) is 219 cm³/mol. The third kappa shape index (κ3) is 18.6. The summed E-state index contributed by atoms with van der Waals surface area (Å²) in [4.78, 5) is 2.37. The van der Waals surface area contributed by atoms with Crippen molar-refractivity contribution in [2.24, 2.45) is 5.41 Å². The molecule has 50 heavy (non-hydrogen) atoms. The number of fused-ring (bicyclic) bond motifs is 1. The van der Waals surface area contributed by atoms with Crippen LogP contribution in [0.3, 0.4) is 0 Å². The highest BCUT2D eigenvalue weighted by Crippen LogP contribution is 2.52. The van der Waals surface area contributed by atoms with Gasteiger partial charge < -0.3 is 14.4 Å². The molecular weight excluding hydrogens is 611 g/mol. The lowest BCUT2D eigenvalue weighted by Crippen LogP contribution is -2.42. The van der Waals surface area contributed by atoms with Crippen LogP contribution in [0.1, 0.15) is 206 Å². The van der Waals surface area contributed by atoms with Crippen LogP contribution < -0.4 is 0 Å². The summed E-state index contributed by atoms with van der Waals surface area (Å²) in [5.41, 5.74) is 0.525. The average molecular weight is 694 g/mol. The van der Waals surface area contributed by atoms with E-state index in [1.54, 1.807) is 0 Å². The van der Waals surface area contributed by atoms with Crippen molar-refractivity contribution in [3.8, 4) is 0 Å². The number of nitrogens with zero attached hydrogens (tertiary/aromatic N) is 1. The van der Waals surface area contributed by atoms with Gasteiger partial charge in [0.1, 0.15) is 12.2 Å². The summed E-state index contributed by atoms with van der Waals surface area (Å²) < 4.78 is 13.3. The fourth-order valence-electron chi connectivity index (χ4n) is 8.73. The van der Waals surface area contributed by atoms with Crippen LogP contribution in [0.4, 0.5) is 0 Å². The number of ether oxygens (including phenoxy) is 2. The molecule has 1 spiro atoms. The summed E-state index contributed by atoms with van der Waals surface area (Å²) in [6, 6.07) is 0. The van der Waals surface area contributed by atoms with E-state index in [2.05, 4.69) is 74.4 Å². The van der Waals surface area contributed by atoms with Crippen LogP contribution in [0.2, 0.25) is 0 Å². The molecule has 2 heterocycles. The topological polar surface area (TPSA) is 21.7 Å². The third-order valence-corrected chi connectivity index (χ3v) is 12.0. The number of hydrogen-bond donors (Lipinski definition) is 0. The number of rotatable bonds is 30. The standard InChI is InChI=1S/C47H83NO2/c1-4-6-8-10-12-14-16-18-20-22-24-26-28-30-32-34-36-46(38-40-47(41-39-46)49-44-42-48(3)43-45(44)50-47)37-35-33-31-29-27-25-23-21-19-17-15-13-11-9-7-5-2/h12-15,18-21,44-45H,4-11,16-17,22-43H2,1-3H3/b14-12-,15-13-,20-18-,21-19-/t44-,45+. The highest BCUT2D eigenvalue weighted by molar-refractivity contribution is 4.98. The van der Waals surface area contributed by atoms with Gasteiger partial charge in [0.05, 0.1) is 0 Å². The van der Waals surface area contributed by atoms with Crippen LogP contribution in [0.15, 0.2) is 48.6 Å². The van der Waals surface area contributed by atoms with Gasteiger partial charge in [-0.3, -0.25) is 0 Å². The molecule has 0 unspecified atom stereocenters. The van der Waals surface area contributed by atoms with Crippen LogP contribution in [-0.2, 0) is 9.47 Å². The van der Waals surface area contributed by atoms with Gasteiger partial charge in [0.15, 0.2) is 5.79 Å². The Hall–Kier alpha value is -1.16. The number of likely N-dealkylation sites (tertiary alicyclic amines) is 1.